The van der Waals surface area contributed by atoms with E-state index >= 15 is 0 Å². The molecule has 3 rings (SSSR count). The summed E-state index contributed by atoms with van der Waals surface area (Å²) in [5, 5.41) is 0. The predicted octanol–water partition coefficient (Wildman–Crippen LogP) is 3.82. The van der Waals surface area contributed by atoms with E-state index in [0.717, 1.165) is 29.7 Å². The van der Waals surface area contributed by atoms with Crippen LogP contribution in [0.2, 0.25) is 0 Å². The van der Waals surface area contributed by atoms with Gasteiger partial charge in [0.05, 0.1) is 11.0 Å². The third-order valence-electron chi connectivity index (χ3n) is 3.96. The molecule has 1 aromatic heterocycles. The maximum Gasteiger partial charge on any atom is 0.125 e. The van der Waals surface area contributed by atoms with Crippen LogP contribution in [0, 0.1) is 11.2 Å². The Morgan fingerprint density at radius 1 is 1.38 bits per heavy atom. The number of halogens is 1. The van der Waals surface area contributed by atoms with Crippen LogP contribution < -0.4 is 5.73 Å². The van der Waals surface area contributed by atoms with Gasteiger partial charge in [-0.1, -0.05) is 20.8 Å². The largest absolute Gasteiger partial charge is 0.327 e. The van der Waals surface area contributed by atoms with Crippen molar-refractivity contribution in [3.8, 4) is 0 Å². The number of nitrogens with zero attached hydrogens (tertiary/aromatic N) is 2. The number of hydrogen-bond acceptors (Lipinski definition) is 2. The highest BCUT2D eigenvalue weighted by Crippen LogP contribution is 2.39. The van der Waals surface area contributed by atoms with Gasteiger partial charge in [-0.25, -0.2) is 9.37 Å². The zero-order valence-corrected chi connectivity index (χ0v) is 13.1. The standard InChI is InChI=1S/C17H24FN3/c1-17(2,3)10-12(19)9-16-20-14-8-11(18)4-7-15(14)21(16)13-5-6-13/h4,7-8,12-13H,5-6,9-10,19H2,1-3H3. The van der Waals surface area contributed by atoms with Crippen LogP contribution in [0.1, 0.15) is 51.9 Å². The summed E-state index contributed by atoms with van der Waals surface area (Å²) in [7, 11) is 0. The number of aromatic nitrogens is 2. The van der Waals surface area contributed by atoms with Crippen LogP contribution in [0.4, 0.5) is 4.39 Å². The molecular weight excluding hydrogens is 265 g/mol. The molecule has 1 heterocycles. The van der Waals surface area contributed by atoms with E-state index < -0.39 is 0 Å². The van der Waals surface area contributed by atoms with Crippen molar-refractivity contribution < 1.29 is 4.39 Å². The molecule has 0 saturated heterocycles. The Morgan fingerprint density at radius 2 is 2.10 bits per heavy atom. The second-order valence-electron chi connectivity index (χ2n) is 7.49. The van der Waals surface area contributed by atoms with Crippen molar-refractivity contribution in [2.24, 2.45) is 11.1 Å². The highest BCUT2D eigenvalue weighted by molar-refractivity contribution is 5.76. The molecule has 4 heteroatoms. The van der Waals surface area contributed by atoms with E-state index in [4.69, 9.17) is 5.73 Å². The molecule has 2 N–H and O–H groups in total. The molecule has 0 aliphatic heterocycles. The van der Waals surface area contributed by atoms with E-state index in [1.165, 1.54) is 25.0 Å². The van der Waals surface area contributed by atoms with Crippen LogP contribution in [0.5, 0.6) is 0 Å². The quantitative estimate of drug-likeness (QED) is 0.930. The summed E-state index contributed by atoms with van der Waals surface area (Å²) in [5.41, 5.74) is 8.30. The van der Waals surface area contributed by atoms with E-state index in [1.54, 1.807) is 0 Å². The Labute approximate surface area is 125 Å². The fourth-order valence-corrected chi connectivity index (χ4v) is 3.10. The zero-order valence-electron chi connectivity index (χ0n) is 13.1. The van der Waals surface area contributed by atoms with Crippen molar-refractivity contribution in [2.75, 3.05) is 0 Å². The third-order valence-corrected chi connectivity index (χ3v) is 3.96. The summed E-state index contributed by atoms with van der Waals surface area (Å²) in [5.74, 6) is 0.781. The fraction of sp³-hybridized carbons (Fsp3) is 0.588. The minimum Gasteiger partial charge on any atom is -0.327 e. The van der Waals surface area contributed by atoms with Crippen LogP contribution in [-0.2, 0) is 6.42 Å². The summed E-state index contributed by atoms with van der Waals surface area (Å²) in [4.78, 5) is 4.65. The van der Waals surface area contributed by atoms with Gasteiger partial charge in [-0.15, -0.1) is 0 Å². The number of nitrogens with two attached hydrogens (primary N) is 1. The molecule has 1 aliphatic rings. The van der Waals surface area contributed by atoms with Crippen LogP contribution in [-0.4, -0.2) is 15.6 Å². The van der Waals surface area contributed by atoms with Gasteiger partial charge in [0.2, 0.25) is 0 Å². The van der Waals surface area contributed by atoms with Crippen molar-refractivity contribution >= 4 is 11.0 Å². The highest BCUT2D eigenvalue weighted by Gasteiger charge is 2.29. The average molecular weight is 289 g/mol. The van der Waals surface area contributed by atoms with Gasteiger partial charge in [-0.3, -0.25) is 0 Å². The SMILES string of the molecule is CC(C)(C)CC(N)Cc1nc2cc(F)ccc2n1C1CC1. The van der Waals surface area contributed by atoms with E-state index in [-0.39, 0.29) is 17.3 Å². The molecule has 2 aromatic rings. The molecule has 0 bridgehead atoms. The van der Waals surface area contributed by atoms with Gasteiger partial charge in [0.25, 0.3) is 0 Å². The smallest absolute Gasteiger partial charge is 0.125 e. The number of rotatable bonds is 4. The molecule has 3 nitrogen and oxygen atoms in total. The Kier molecular flexibility index (Phi) is 3.52. The lowest BCUT2D eigenvalue weighted by Gasteiger charge is -2.23. The monoisotopic (exact) mass is 289 g/mol. The number of fused-ring (bicyclic) bond motifs is 1. The summed E-state index contributed by atoms with van der Waals surface area (Å²) in [6.07, 6.45) is 4.08. The summed E-state index contributed by atoms with van der Waals surface area (Å²) >= 11 is 0. The molecule has 1 saturated carbocycles. The molecule has 1 aliphatic carbocycles. The topological polar surface area (TPSA) is 43.8 Å². The Hall–Kier alpha value is -1.42. The fourth-order valence-electron chi connectivity index (χ4n) is 3.10. The van der Waals surface area contributed by atoms with E-state index in [1.807, 2.05) is 6.07 Å². The lowest BCUT2D eigenvalue weighted by Crippen LogP contribution is -2.29. The van der Waals surface area contributed by atoms with Gasteiger partial charge in [-0.05, 0) is 36.8 Å². The minimum atomic E-state index is -0.228. The van der Waals surface area contributed by atoms with Crippen molar-refractivity contribution in [1.29, 1.82) is 0 Å². The van der Waals surface area contributed by atoms with Gasteiger partial charge in [0.15, 0.2) is 0 Å². The second-order valence-corrected chi connectivity index (χ2v) is 7.49. The van der Waals surface area contributed by atoms with Crippen molar-refractivity contribution in [2.45, 2.75) is 58.5 Å². The lowest BCUT2D eigenvalue weighted by molar-refractivity contribution is 0.335. The van der Waals surface area contributed by atoms with Gasteiger partial charge < -0.3 is 10.3 Å². The van der Waals surface area contributed by atoms with Crippen LogP contribution in [0.25, 0.3) is 11.0 Å². The van der Waals surface area contributed by atoms with Crippen molar-refractivity contribution in [3.63, 3.8) is 0 Å². The van der Waals surface area contributed by atoms with Crippen LogP contribution in [0.15, 0.2) is 18.2 Å². The van der Waals surface area contributed by atoms with Gasteiger partial charge in [0.1, 0.15) is 11.6 Å². The number of benzene rings is 1. The van der Waals surface area contributed by atoms with Crippen molar-refractivity contribution in [3.05, 3.63) is 29.8 Å². The first-order valence-corrected chi connectivity index (χ1v) is 7.75. The van der Waals surface area contributed by atoms with E-state index in [2.05, 4.69) is 30.3 Å². The summed E-state index contributed by atoms with van der Waals surface area (Å²) in [6, 6.07) is 5.49. The first-order chi connectivity index (χ1) is 9.83. The van der Waals surface area contributed by atoms with Crippen LogP contribution >= 0.6 is 0 Å². The maximum absolute atomic E-state index is 13.4. The molecule has 1 aromatic carbocycles. The molecule has 1 unspecified atom stereocenters. The maximum atomic E-state index is 13.4. The Morgan fingerprint density at radius 3 is 2.71 bits per heavy atom. The Balaban J connectivity index is 1.92. The van der Waals surface area contributed by atoms with E-state index in [9.17, 15) is 4.39 Å². The highest BCUT2D eigenvalue weighted by atomic mass is 19.1. The van der Waals surface area contributed by atoms with Gasteiger partial charge in [-0.2, -0.15) is 0 Å². The van der Waals surface area contributed by atoms with Crippen molar-refractivity contribution in [1.82, 2.24) is 9.55 Å². The summed E-state index contributed by atoms with van der Waals surface area (Å²) in [6.45, 7) is 6.60. The molecule has 0 radical (unpaired) electrons. The summed E-state index contributed by atoms with van der Waals surface area (Å²) < 4.78 is 15.7. The molecule has 1 fully saturated rings. The molecule has 114 valence electrons. The van der Waals surface area contributed by atoms with Crippen LogP contribution in [0.3, 0.4) is 0 Å². The Bertz CT molecular complexity index is 650. The number of imidazole rings is 1. The molecular formula is C17H24FN3. The molecule has 1 atom stereocenters. The third kappa shape index (κ3) is 3.26. The molecule has 0 spiro atoms. The first-order valence-electron chi connectivity index (χ1n) is 7.75. The van der Waals surface area contributed by atoms with E-state index in [0.29, 0.717) is 6.04 Å². The lowest BCUT2D eigenvalue weighted by atomic mass is 9.87. The normalized spacial score (nSPS) is 17.4. The zero-order chi connectivity index (χ0) is 15.2. The minimum absolute atomic E-state index is 0.0872. The molecule has 21 heavy (non-hydrogen) atoms. The van der Waals surface area contributed by atoms with Gasteiger partial charge in [0, 0.05) is 24.6 Å². The molecule has 0 amide bonds. The number of hydrogen-bond donors (Lipinski definition) is 1. The predicted molar refractivity (Wildman–Crippen MR) is 83.7 cm³/mol. The first kappa shape index (κ1) is 14.5. The van der Waals surface area contributed by atoms with Gasteiger partial charge >= 0.3 is 0 Å². The second kappa shape index (κ2) is 5.09. The average Bonchev–Trinajstić information content (AvgIpc) is 3.09.